The van der Waals surface area contributed by atoms with E-state index in [9.17, 15) is 18.8 Å². The Kier molecular flexibility index (Phi) is 8.10. The average molecular weight is 483 g/mol. The van der Waals surface area contributed by atoms with Gasteiger partial charge in [0.25, 0.3) is 11.1 Å². The smallest absolute Gasteiger partial charge is 0.293 e. The number of halogens is 1. The van der Waals surface area contributed by atoms with E-state index in [-0.39, 0.29) is 36.0 Å². The first-order chi connectivity index (χ1) is 16.5. The van der Waals surface area contributed by atoms with Gasteiger partial charge in [-0.3, -0.25) is 29.1 Å². The molecule has 0 unspecified atom stereocenters. The molecule has 4 rings (SSSR count). The molecular weight excluding hydrogens is 455 g/mol. The van der Waals surface area contributed by atoms with Crippen LogP contribution in [0.15, 0.2) is 59.5 Å². The molecule has 2 saturated heterocycles. The van der Waals surface area contributed by atoms with Crippen LogP contribution in [0.4, 0.5) is 9.18 Å². The van der Waals surface area contributed by atoms with E-state index in [0.717, 1.165) is 49.4 Å². The summed E-state index contributed by atoms with van der Waals surface area (Å²) in [6, 6.07) is 16.4. The molecule has 0 aliphatic carbocycles. The number of nitrogens with zero attached hydrogens (tertiary/aromatic N) is 3. The first-order valence-corrected chi connectivity index (χ1v) is 12.1. The second-order valence-electron chi connectivity index (χ2n) is 8.24. The van der Waals surface area contributed by atoms with Gasteiger partial charge in [0, 0.05) is 51.4 Å². The number of nitrogens with one attached hydrogen (secondary N) is 1. The van der Waals surface area contributed by atoms with Crippen LogP contribution in [0.1, 0.15) is 11.1 Å². The topological polar surface area (TPSA) is 73.0 Å². The SMILES string of the molecule is O=C(CN1CCN(Cc2ccccc2)CC1)NCCN1C(=O)S/C(=C/c2ccccc2F)C1=O. The van der Waals surface area contributed by atoms with E-state index in [1.807, 2.05) is 18.2 Å². The molecule has 2 aromatic carbocycles. The van der Waals surface area contributed by atoms with Gasteiger partial charge in [-0.05, 0) is 29.5 Å². The molecule has 2 aliphatic heterocycles. The van der Waals surface area contributed by atoms with E-state index in [1.165, 1.54) is 17.7 Å². The maximum Gasteiger partial charge on any atom is 0.293 e. The Morgan fingerprint density at radius 2 is 1.65 bits per heavy atom. The highest BCUT2D eigenvalue weighted by molar-refractivity contribution is 8.18. The molecule has 9 heteroatoms. The first kappa shape index (κ1) is 24.1. The normalized spacial score (nSPS) is 18.6. The molecule has 2 heterocycles. The number of hydrogen-bond acceptors (Lipinski definition) is 6. The van der Waals surface area contributed by atoms with Crippen molar-refractivity contribution in [3.05, 3.63) is 76.4 Å². The molecule has 178 valence electrons. The van der Waals surface area contributed by atoms with Crippen LogP contribution in [-0.2, 0) is 16.1 Å². The number of carbonyl (C=O) groups excluding carboxylic acids is 3. The Morgan fingerprint density at radius 1 is 0.971 bits per heavy atom. The van der Waals surface area contributed by atoms with Gasteiger partial charge in [-0.2, -0.15) is 0 Å². The summed E-state index contributed by atoms with van der Waals surface area (Å²) in [6.45, 7) is 4.86. The molecule has 0 spiro atoms. The van der Waals surface area contributed by atoms with E-state index in [0.29, 0.717) is 0 Å². The Balaban J connectivity index is 1.18. The van der Waals surface area contributed by atoms with Crippen LogP contribution in [0.25, 0.3) is 6.08 Å². The maximum absolute atomic E-state index is 13.9. The van der Waals surface area contributed by atoms with Gasteiger partial charge in [0.1, 0.15) is 5.82 Å². The highest BCUT2D eigenvalue weighted by Gasteiger charge is 2.34. The molecule has 2 aliphatic rings. The lowest BCUT2D eigenvalue weighted by Gasteiger charge is -2.34. The van der Waals surface area contributed by atoms with Gasteiger partial charge in [0.05, 0.1) is 11.4 Å². The number of piperazine rings is 1. The lowest BCUT2D eigenvalue weighted by molar-refractivity contribution is -0.125. The molecule has 2 fully saturated rings. The van der Waals surface area contributed by atoms with Crippen LogP contribution < -0.4 is 5.32 Å². The van der Waals surface area contributed by atoms with Crippen LogP contribution in [0.2, 0.25) is 0 Å². The highest BCUT2D eigenvalue weighted by atomic mass is 32.2. The maximum atomic E-state index is 13.9. The second-order valence-corrected chi connectivity index (χ2v) is 9.24. The number of benzene rings is 2. The minimum Gasteiger partial charge on any atom is -0.353 e. The summed E-state index contributed by atoms with van der Waals surface area (Å²) in [7, 11) is 0. The van der Waals surface area contributed by atoms with Gasteiger partial charge < -0.3 is 5.32 Å². The Morgan fingerprint density at radius 3 is 2.38 bits per heavy atom. The monoisotopic (exact) mass is 482 g/mol. The van der Waals surface area contributed by atoms with Gasteiger partial charge in [0.2, 0.25) is 5.91 Å². The van der Waals surface area contributed by atoms with Crippen LogP contribution >= 0.6 is 11.8 Å². The molecule has 0 bridgehead atoms. The van der Waals surface area contributed by atoms with Gasteiger partial charge >= 0.3 is 0 Å². The van der Waals surface area contributed by atoms with E-state index in [1.54, 1.807) is 18.2 Å². The zero-order chi connectivity index (χ0) is 23.9. The lowest BCUT2D eigenvalue weighted by Crippen LogP contribution is -2.49. The molecule has 2 aromatic rings. The third-order valence-electron chi connectivity index (χ3n) is 5.80. The number of imide groups is 1. The minimum atomic E-state index is -0.470. The van der Waals surface area contributed by atoms with Crippen molar-refractivity contribution in [1.29, 1.82) is 0 Å². The van der Waals surface area contributed by atoms with E-state index in [4.69, 9.17) is 0 Å². The fourth-order valence-corrected chi connectivity index (χ4v) is 4.80. The van der Waals surface area contributed by atoms with Gasteiger partial charge in [-0.15, -0.1) is 0 Å². The summed E-state index contributed by atoms with van der Waals surface area (Å²) in [5.41, 5.74) is 1.54. The largest absolute Gasteiger partial charge is 0.353 e. The standard InChI is InChI=1S/C25H27FN4O3S/c26-21-9-5-4-8-20(21)16-22-24(32)30(25(33)34-22)11-10-27-23(31)18-29-14-12-28(13-15-29)17-19-6-2-1-3-7-19/h1-9,16H,10-15,17-18H2,(H,27,31)/b22-16+. The predicted molar refractivity (Wildman–Crippen MR) is 130 cm³/mol. The minimum absolute atomic E-state index is 0.0792. The number of hydrogen-bond donors (Lipinski definition) is 1. The number of thioether (sulfide) groups is 1. The fourth-order valence-electron chi connectivity index (χ4n) is 3.94. The lowest BCUT2D eigenvalue weighted by atomic mass is 10.2. The highest BCUT2D eigenvalue weighted by Crippen LogP contribution is 2.32. The predicted octanol–water partition coefficient (Wildman–Crippen LogP) is 2.80. The zero-order valence-electron chi connectivity index (χ0n) is 18.8. The number of amides is 3. The molecular formula is C25H27FN4O3S. The van der Waals surface area contributed by atoms with Gasteiger partial charge in [0.15, 0.2) is 0 Å². The van der Waals surface area contributed by atoms with Gasteiger partial charge in [-0.25, -0.2) is 4.39 Å². The van der Waals surface area contributed by atoms with E-state index >= 15 is 0 Å². The molecule has 7 nitrogen and oxygen atoms in total. The quantitative estimate of drug-likeness (QED) is 0.584. The third kappa shape index (κ3) is 6.31. The van der Waals surface area contributed by atoms with Crippen LogP contribution in [0.5, 0.6) is 0 Å². The van der Waals surface area contributed by atoms with Crippen molar-refractivity contribution < 1.29 is 18.8 Å². The van der Waals surface area contributed by atoms with Crippen LogP contribution in [0.3, 0.4) is 0 Å². The number of rotatable bonds is 8. The van der Waals surface area contributed by atoms with Crippen molar-refractivity contribution in [2.45, 2.75) is 6.54 Å². The molecule has 34 heavy (non-hydrogen) atoms. The summed E-state index contributed by atoms with van der Waals surface area (Å²) < 4.78 is 13.9. The summed E-state index contributed by atoms with van der Waals surface area (Å²) in [5, 5.41) is 2.37. The molecule has 0 aromatic heterocycles. The third-order valence-corrected chi connectivity index (χ3v) is 6.71. The average Bonchev–Trinajstić information content (AvgIpc) is 3.10. The zero-order valence-corrected chi connectivity index (χ0v) is 19.6. The summed E-state index contributed by atoms with van der Waals surface area (Å²) in [4.78, 5) is 42.9. The van der Waals surface area contributed by atoms with Crippen molar-refractivity contribution in [3.63, 3.8) is 0 Å². The summed E-state index contributed by atoms with van der Waals surface area (Å²) in [6.07, 6.45) is 1.39. The number of carbonyl (C=O) groups is 3. The Bertz CT molecular complexity index is 1070. The molecule has 3 amide bonds. The van der Waals surface area contributed by atoms with Crippen LogP contribution in [0, 0.1) is 5.82 Å². The molecule has 0 atom stereocenters. The van der Waals surface area contributed by atoms with Crippen molar-refractivity contribution in [2.24, 2.45) is 0 Å². The Hall–Kier alpha value is -3.01. The first-order valence-electron chi connectivity index (χ1n) is 11.2. The van der Waals surface area contributed by atoms with Crippen LogP contribution in [-0.4, -0.2) is 77.6 Å². The van der Waals surface area contributed by atoms with Gasteiger partial charge in [-0.1, -0.05) is 48.5 Å². The van der Waals surface area contributed by atoms with Crippen molar-refractivity contribution >= 4 is 34.9 Å². The Labute approximate surface area is 202 Å². The summed E-state index contributed by atoms with van der Waals surface area (Å²) >= 11 is 0.780. The molecule has 0 saturated carbocycles. The second kappa shape index (κ2) is 11.4. The van der Waals surface area contributed by atoms with Crippen molar-refractivity contribution in [1.82, 2.24) is 20.0 Å². The van der Waals surface area contributed by atoms with E-state index in [2.05, 4.69) is 27.2 Å². The molecule has 1 N–H and O–H groups in total. The van der Waals surface area contributed by atoms with Crippen molar-refractivity contribution in [2.75, 3.05) is 45.8 Å². The van der Waals surface area contributed by atoms with E-state index < -0.39 is 17.0 Å². The fraction of sp³-hybridized carbons (Fsp3) is 0.320. The molecule has 0 radical (unpaired) electrons. The van der Waals surface area contributed by atoms with Crippen molar-refractivity contribution in [3.8, 4) is 0 Å². The summed E-state index contributed by atoms with van der Waals surface area (Å²) in [5.74, 6) is -1.06.